The van der Waals surface area contributed by atoms with E-state index in [2.05, 4.69) is 12.2 Å². The van der Waals surface area contributed by atoms with E-state index in [1.165, 1.54) is 4.90 Å². The molecule has 0 bridgehead atoms. The van der Waals surface area contributed by atoms with Crippen molar-refractivity contribution in [2.75, 3.05) is 18.6 Å². The second kappa shape index (κ2) is 17.0. The van der Waals surface area contributed by atoms with Gasteiger partial charge in [-0.1, -0.05) is 39.3 Å². The van der Waals surface area contributed by atoms with Crippen LogP contribution in [0.4, 0.5) is 5.69 Å². The fourth-order valence-electron chi connectivity index (χ4n) is 2.83. The Morgan fingerprint density at radius 1 is 1.40 bits per heavy atom. The van der Waals surface area contributed by atoms with Gasteiger partial charge in [-0.25, -0.2) is 4.79 Å². The average Bonchev–Trinajstić information content (AvgIpc) is 2.70. The van der Waals surface area contributed by atoms with Gasteiger partial charge in [-0.3, -0.25) is 9.59 Å². The number of piperidine rings is 1. The SMILES string of the molecule is CC.Cc1cccc(OCC(=O)O)c1N(C)C=O.[CH-]=C1NC(=O)CCC1CCC.[U]. The Labute approximate surface area is 203 Å². The van der Waals surface area contributed by atoms with Crippen LogP contribution in [-0.4, -0.2) is 37.0 Å². The summed E-state index contributed by atoms with van der Waals surface area (Å²) >= 11 is 0. The number of hydrogen-bond donors (Lipinski definition) is 2. The Morgan fingerprint density at radius 3 is 2.53 bits per heavy atom. The van der Waals surface area contributed by atoms with E-state index in [0.29, 0.717) is 35.9 Å². The van der Waals surface area contributed by atoms with Crippen molar-refractivity contribution in [3.8, 4) is 5.75 Å². The molecule has 0 saturated carbocycles. The molecule has 0 spiro atoms. The van der Waals surface area contributed by atoms with Gasteiger partial charge in [-0.05, 0) is 37.3 Å². The molecule has 30 heavy (non-hydrogen) atoms. The molecule has 1 aliphatic heterocycles. The van der Waals surface area contributed by atoms with Gasteiger partial charge in [0.25, 0.3) is 0 Å². The van der Waals surface area contributed by atoms with Crippen LogP contribution in [0.3, 0.4) is 0 Å². The van der Waals surface area contributed by atoms with E-state index in [9.17, 15) is 14.4 Å². The summed E-state index contributed by atoms with van der Waals surface area (Å²) in [5, 5.41) is 11.2. The Hall–Kier alpha value is -1.78. The van der Waals surface area contributed by atoms with Crippen LogP contribution in [0.25, 0.3) is 0 Å². The number of amides is 2. The topological polar surface area (TPSA) is 95.9 Å². The maximum Gasteiger partial charge on any atom is 0.341 e. The third-order valence-corrected chi connectivity index (χ3v) is 4.14. The molecule has 1 atom stereocenters. The Morgan fingerprint density at radius 2 is 2.03 bits per heavy atom. The van der Waals surface area contributed by atoms with Crippen LogP contribution in [0.1, 0.15) is 52.0 Å². The maximum atomic E-state index is 10.8. The van der Waals surface area contributed by atoms with Crippen LogP contribution in [0, 0.1) is 50.5 Å². The summed E-state index contributed by atoms with van der Waals surface area (Å²) in [7, 11) is 1.59. The van der Waals surface area contributed by atoms with Crippen LogP contribution >= 0.6 is 0 Å². The molecule has 0 aliphatic carbocycles. The second-order valence-corrected chi connectivity index (χ2v) is 6.35. The number of nitrogens with one attached hydrogen (secondary N) is 1. The first-order valence-corrected chi connectivity index (χ1v) is 9.84. The van der Waals surface area contributed by atoms with Gasteiger partial charge in [0.05, 0.1) is 5.69 Å². The minimum atomic E-state index is -1.05. The molecule has 1 fully saturated rings. The Bertz CT molecular complexity index is 694. The summed E-state index contributed by atoms with van der Waals surface area (Å²) in [6.45, 7) is 13.2. The quantitative estimate of drug-likeness (QED) is 0.349. The average molecular weight is 644 g/mol. The third kappa shape index (κ3) is 10.8. The van der Waals surface area contributed by atoms with Crippen LogP contribution < -0.4 is 15.0 Å². The smallest absolute Gasteiger partial charge is 0.341 e. The molecule has 0 radical (unpaired) electrons. The summed E-state index contributed by atoms with van der Waals surface area (Å²) in [4.78, 5) is 33.3. The monoisotopic (exact) mass is 643 g/mol. The van der Waals surface area contributed by atoms with Crippen molar-refractivity contribution in [1.82, 2.24) is 5.32 Å². The minimum Gasteiger partial charge on any atom is -0.493 e. The molecule has 2 rings (SSSR count). The third-order valence-electron chi connectivity index (χ3n) is 4.14. The molecule has 8 heteroatoms. The molecule has 1 unspecified atom stereocenters. The van der Waals surface area contributed by atoms with Gasteiger partial charge >= 0.3 is 5.97 Å². The zero-order valence-electron chi connectivity index (χ0n) is 18.5. The maximum absolute atomic E-state index is 10.8. The zero-order chi connectivity index (χ0) is 22.4. The first kappa shape index (κ1) is 30.4. The number of allylic oxidation sites excluding steroid dienone is 1. The number of carbonyl (C=O) groups excluding carboxylic acids is 2. The summed E-state index contributed by atoms with van der Waals surface area (Å²) in [5.41, 5.74) is 2.10. The van der Waals surface area contributed by atoms with Crippen molar-refractivity contribution >= 4 is 24.0 Å². The van der Waals surface area contributed by atoms with Gasteiger partial charge in [-0.15, -0.1) is 0 Å². The number of aliphatic carboxylic acids is 1. The van der Waals surface area contributed by atoms with E-state index in [-0.39, 0.29) is 37.0 Å². The minimum absolute atomic E-state index is 0. The summed E-state index contributed by atoms with van der Waals surface area (Å²) in [6.07, 6.45) is 4.42. The number of carboxylic acids is 1. The molecule has 2 N–H and O–H groups in total. The van der Waals surface area contributed by atoms with Crippen molar-refractivity contribution < 1.29 is 55.3 Å². The Kier molecular flexibility index (Phi) is 17.2. The number of aryl methyl sites for hydroxylation is 1. The number of nitrogens with zero attached hydrogens (tertiary/aromatic N) is 1. The first-order chi connectivity index (χ1) is 13.8. The molecular weight excluding hydrogens is 610 g/mol. The fraction of sp³-hybridized carbons (Fsp3) is 0.500. The van der Waals surface area contributed by atoms with E-state index in [0.717, 1.165) is 24.8 Å². The molecule has 1 aliphatic rings. The normalized spacial score (nSPS) is 14.5. The number of para-hydroxylation sites is 1. The van der Waals surface area contributed by atoms with Gasteiger partial charge in [0.1, 0.15) is 5.75 Å². The van der Waals surface area contributed by atoms with E-state index >= 15 is 0 Å². The van der Waals surface area contributed by atoms with Crippen molar-refractivity contribution in [2.45, 2.75) is 53.4 Å². The molecule has 7 nitrogen and oxygen atoms in total. The second-order valence-electron chi connectivity index (χ2n) is 6.35. The molecule has 1 aromatic rings. The van der Waals surface area contributed by atoms with E-state index in [1.54, 1.807) is 19.2 Å². The van der Waals surface area contributed by atoms with Crippen molar-refractivity contribution in [3.63, 3.8) is 0 Å². The van der Waals surface area contributed by atoms with Crippen LogP contribution in [0.5, 0.6) is 5.75 Å². The largest absolute Gasteiger partial charge is 0.493 e. The number of rotatable bonds is 7. The van der Waals surface area contributed by atoms with Crippen LogP contribution in [-0.2, 0) is 14.4 Å². The molecular formula is C22H33N2O5U-. The summed E-state index contributed by atoms with van der Waals surface area (Å²) < 4.78 is 5.10. The van der Waals surface area contributed by atoms with Gasteiger partial charge in [0, 0.05) is 44.6 Å². The van der Waals surface area contributed by atoms with Gasteiger partial charge in [-0.2, -0.15) is 5.70 Å². The van der Waals surface area contributed by atoms with E-state index in [1.807, 2.05) is 26.8 Å². The number of carbonyl (C=O) groups is 3. The number of benzene rings is 1. The number of hydrogen-bond acceptors (Lipinski definition) is 4. The molecule has 1 heterocycles. The predicted molar refractivity (Wildman–Crippen MR) is 114 cm³/mol. The Balaban J connectivity index is 0. The van der Waals surface area contributed by atoms with Crippen molar-refractivity contribution in [1.29, 1.82) is 0 Å². The van der Waals surface area contributed by atoms with Crippen molar-refractivity contribution in [2.24, 2.45) is 5.92 Å². The summed E-state index contributed by atoms with van der Waals surface area (Å²) in [5.74, 6) is -0.189. The van der Waals surface area contributed by atoms with Crippen LogP contribution in [0.15, 0.2) is 23.9 Å². The number of carboxylic acid groups (broad SMARTS) is 1. The zero-order valence-corrected chi connectivity index (χ0v) is 22.7. The molecule has 166 valence electrons. The van der Waals surface area contributed by atoms with Crippen molar-refractivity contribution in [3.05, 3.63) is 36.0 Å². The summed E-state index contributed by atoms with van der Waals surface area (Å²) in [6, 6.07) is 5.20. The molecule has 1 saturated heterocycles. The van der Waals surface area contributed by atoms with Gasteiger partial charge in [0.15, 0.2) is 6.61 Å². The van der Waals surface area contributed by atoms with E-state index in [4.69, 9.17) is 16.4 Å². The number of ether oxygens (including phenoxy) is 1. The molecule has 1 aromatic carbocycles. The predicted octanol–water partition coefficient (Wildman–Crippen LogP) is 3.71. The molecule has 2 amide bonds. The fourth-order valence-corrected chi connectivity index (χ4v) is 2.83. The van der Waals surface area contributed by atoms with Crippen LogP contribution in [0.2, 0.25) is 0 Å². The van der Waals surface area contributed by atoms with Gasteiger partial charge in [0.2, 0.25) is 12.3 Å². The van der Waals surface area contributed by atoms with Gasteiger partial charge < -0.3 is 26.6 Å². The number of anilines is 1. The van der Waals surface area contributed by atoms with E-state index < -0.39 is 12.6 Å². The molecule has 0 aromatic heterocycles. The standard InChI is InChI=1S/C11H13NO4.C9H14NO.C2H6.U/c1-8-4-3-5-9(16-6-10(14)15)11(8)12(2)7-13;1-3-4-8-5-6-9(11)10-7(8)2;1-2;/h3-5,7H,6H2,1-2H3,(H,14,15);2,8H,3-6H2,1H3,(H,10,11);1-2H3;/q;-1;;. The first-order valence-electron chi connectivity index (χ1n) is 9.84.